The molecule has 1 aliphatic rings. The van der Waals surface area contributed by atoms with E-state index in [4.69, 9.17) is 4.52 Å². The zero-order valence-corrected chi connectivity index (χ0v) is 16.2. The molecule has 0 bridgehead atoms. The van der Waals surface area contributed by atoms with E-state index in [0.717, 1.165) is 44.7 Å². The number of carbonyl (C=O) groups is 1. The number of amides is 1. The van der Waals surface area contributed by atoms with Crippen LogP contribution in [0, 0.1) is 6.92 Å². The smallest absolute Gasteiger partial charge is 0.235 e. The summed E-state index contributed by atoms with van der Waals surface area (Å²) in [5.41, 5.74) is 6.05. The normalized spacial score (nSPS) is 13.2. The SMILES string of the molecule is Cc1ccc(-c2cn3c(CC(=O)Nc4onc5c4CSC5)csc3n2)cc1. The molecular formula is C19H16N4O2S2. The molecule has 0 saturated heterocycles. The molecule has 4 heterocycles. The van der Waals surface area contributed by atoms with Crippen molar-refractivity contribution in [2.75, 3.05) is 5.32 Å². The fourth-order valence-corrected chi connectivity index (χ4v) is 5.00. The molecule has 1 amide bonds. The Labute approximate surface area is 163 Å². The number of aryl methyl sites for hydroxylation is 1. The molecule has 0 aliphatic carbocycles. The minimum absolute atomic E-state index is 0.115. The van der Waals surface area contributed by atoms with Crippen molar-refractivity contribution in [1.82, 2.24) is 14.5 Å². The molecule has 136 valence electrons. The summed E-state index contributed by atoms with van der Waals surface area (Å²) in [6.07, 6.45) is 2.24. The standard InChI is InChI=1S/C19H16N4O2S2/c1-11-2-4-12(5-3-11)15-7-23-13(8-27-19(23)20-15)6-17(24)21-18-14-9-26-10-16(14)22-25-18/h2-5,7-8H,6,9-10H2,1H3,(H,21,24). The third-order valence-electron chi connectivity index (χ3n) is 4.58. The maximum absolute atomic E-state index is 12.5. The van der Waals surface area contributed by atoms with E-state index in [1.807, 2.05) is 16.0 Å². The number of benzene rings is 1. The fourth-order valence-electron chi connectivity index (χ4n) is 3.11. The number of aromatic nitrogens is 3. The predicted octanol–water partition coefficient (Wildman–Crippen LogP) is 4.29. The molecule has 3 aromatic heterocycles. The fraction of sp³-hybridized carbons (Fsp3) is 0.211. The summed E-state index contributed by atoms with van der Waals surface area (Å²) in [7, 11) is 0. The van der Waals surface area contributed by atoms with E-state index in [1.54, 1.807) is 11.8 Å². The van der Waals surface area contributed by atoms with Crippen molar-refractivity contribution in [2.24, 2.45) is 0 Å². The van der Waals surface area contributed by atoms with Gasteiger partial charge in [-0.05, 0) is 6.92 Å². The van der Waals surface area contributed by atoms with Crippen LogP contribution in [0.5, 0.6) is 0 Å². The van der Waals surface area contributed by atoms with E-state index < -0.39 is 0 Å². The highest BCUT2D eigenvalue weighted by molar-refractivity contribution is 7.98. The average Bonchev–Trinajstić information content (AvgIpc) is 3.40. The quantitative estimate of drug-likeness (QED) is 0.557. The maximum Gasteiger partial charge on any atom is 0.235 e. The summed E-state index contributed by atoms with van der Waals surface area (Å²) in [5, 5.41) is 8.85. The van der Waals surface area contributed by atoms with Gasteiger partial charge in [0.1, 0.15) is 0 Å². The Hall–Kier alpha value is -2.58. The van der Waals surface area contributed by atoms with Gasteiger partial charge < -0.3 is 4.52 Å². The Kier molecular flexibility index (Phi) is 4.02. The lowest BCUT2D eigenvalue weighted by molar-refractivity contribution is -0.115. The van der Waals surface area contributed by atoms with Crippen LogP contribution >= 0.6 is 23.1 Å². The van der Waals surface area contributed by atoms with Crippen LogP contribution in [0.1, 0.15) is 22.5 Å². The highest BCUT2D eigenvalue weighted by Gasteiger charge is 2.23. The number of carbonyl (C=O) groups excluding carboxylic acids is 1. The zero-order chi connectivity index (χ0) is 18.4. The summed E-state index contributed by atoms with van der Waals surface area (Å²) < 4.78 is 7.26. The first-order chi connectivity index (χ1) is 13.2. The second-order valence-corrected chi connectivity index (χ2v) is 8.35. The first-order valence-corrected chi connectivity index (χ1v) is 10.6. The van der Waals surface area contributed by atoms with Crippen molar-refractivity contribution in [1.29, 1.82) is 0 Å². The molecule has 0 radical (unpaired) electrons. The molecule has 0 atom stereocenters. The highest BCUT2D eigenvalue weighted by atomic mass is 32.2. The molecule has 0 saturated carbocycles. The second kappa shape index (κ2) is 6.54. The molecule has 6 nitrogen and oxygen atoms in total. The van der Waals surface area contributed by atoms with E-state index in [1.165, 1.54) is 16.9 Å². The minimum atomic E-state index is -0.115. The van der Waals surface area contributed by atoms with Gasteiger partial charge in [0.05, 0.1) is 23.4 Å². The van der Waals surface area contributed by atoms with Crippen LogP contribution in [0.2, 0.25) is 0 Å². The lowest BCUT2D eigenvalue weighted by Gasteiger charge is -2.02. The molecule has 0 fully saturated rings. The Balaban J connectivity index is 1.37. The largest absolute Gasteiger partial charge is 0.338 e. The summed E-state index contributed by atoms with van der Waals surface area (Å²) in [5.74, 6) is 2.04. The van der Waals surface area contributed by atoms with Gasteiger partial charge in [-0.1, -0.05) is 35.0 Å². The molecule has 1 aliphatic heterocycles. The van der Waals surface area contributed by atoms with Crippen molar-refractivity contribution in [3.05, 3.63) is 58.4 Å². The molecular weight excluding hydrogens is 380 g/mol. The first kappa shape index (κ1) is 16.6. The van der Waals surface area contributed by atoms with Crippen LogP contribution in [-0.2, 0) is 22.7 Å². The van der Waals surface area contributed by atoms with E-state index >= 15 is 0 Å². The molecule has 0 unspecified atom stereocenters. The third kappa shape index (κ3) is 3.04. The number of thioether (sulfide) groups is 1. The van der Waals surface area contributed by atoms with Gasteiger partial charge >= 0.3 is 0 Å². The number of imidazole rings is 1. The Bertz CT molecular complexity index is 1140. The van der Waals surface area contributed by atoms with Crippen molar-refractivity contribution < 1.29 is 9.32 Å². The van der Waals surface area contributed by atoms with E-state index in [-0.39, 0.29) is 12.3 Å². The van der Waals surface area contributed by atoms with Crippen LogP contribution in [0.25, 0.3) is 16.2 Å². The third-order valence-corrected chi connectivity index (χ3v) is 6.44. The summed E-state index contributed by atoms with van der Waals surface area (Å²) in [6.45, 7) is 2.06. The van der Waals surface area contributed by atoms with Crippen molar-refractivity contribution >= 4 is 39.9 Å². The second-order valence-electron chi connectivity index (χ2n) is 6.53. The number of nitrogens with zero attached hydrogens (tertiary/aromatic N) is 3. The van der Waals surface area contributed by atoms with Crippen molar-refractivity contribution in [3.63, 3.8) is 0 Å². The lowest BCUT2D eigenvalue weighted by atomic mass is 10.1. The Morgan fingerprint density at radius 3 is 3.00 bits per heavy atom. The average molecular weight is 396 g/mol. The molecule has 1 aromatic carbocycles. The van der Waals surface area contributed by atoms with Gasteiger partial charge in [0.25, 0.3) is 0 Å². The van der Waals surface area contributed by atoms with Gasteiger partial charge in [0, 0.05) is 34.3 Å². The molecule has 5 rings (SSSR count). The van der Waals surface area contributed by atoms with Crippen molar-refractivity contribution in [2.45, 2.75) is 24.9 Å². The number of nitrogens with one attached hydrogen (secondary N) is 1. The van der Waals surface area contributed by atoms with Crippen LogP contribution < -0.4 is 5.32 Å². The van der Waals surface area contributed by atoms with E-state index in [2.05, 4.69) is 46.6 Å². The number of thiazole rings is 1. The first-order valence-electron chi connectivity index (χ1n) is 8.55. The zero-order valence-electron chi connectivity index (χ0n) is 14.6. The van der Waals surface area contributed by atoms with Crippen LogP contribution in [0.15, 0.2) is 40.4 Å². The van der Waals surface area contributed by atoms with E-state index in [9.17, 15) is 4.79 Å². The van der Waals surface area contributed by atoms with E-state index in [0.29, 0.717) is 5.88 Å². The molecule has 27 heavy (non-hydrogen) atoms. The van der Waals surface area contributed by atoms with Gasteiger partial charge in [-0.3, -0.25) is 14.5 Å². The van der Waals surface area contributed by atoms with Gasteiger partial charge in [-0.25, -0.2) is 4.98 Å². The van der Waals surface area contributed by atoms with Crippen LogP contribution in [0.4, 0.5) is 5.88 Å². The number of rotatable bonds is 4. The van der Waals surface area contributed by atoms with Gasteiger partial charge in [0.15, 0.2) is 4.96 Å². The van der Waals surface area contributed by atoms with Gasteiger partial charge in [0.2, 0.25) is 11.8 Å². The molecule has 0 spiro atoms. The summed E-state index contributed by atoms with van der Waals surface area (Å²) >= 11 is 3.31. The Morgan fingerprint density at radius 1 is 1.30 bits per heavy atom. The summed E-state index contributed by atoms with van der Waals surface area (Å²) in [4.78, 5) is 18.1. The molecule has 1 N–H and O–H groups in total. The minimum Gasteiger partial charge on any atom is -0.338 e. The topological polar surface area (TPSA) is 72.4 Å². The molecule has 8 heteroatoms. The summed E-state index contributed by atoms with van der Waals surface area (Å²) in [6, 6.07) is 8.28. The van der Waals surface area contributed by atoms with Crippen molar-refractivity contribution in [3.8, 4) is 11.3 Å². The maximum atomic E-state index is 12.5. The molecule has 4 aromatic rings. The lowest BCUT2D eigenvalue weighted by Crippen LogP contribution is -2.15. The number of fused-ring (bicyclic) bond motifs is 2. The number of anilines is 1. The van der Waals surface area contributed by atoms with Gasteiger partial charge in [-0.2, -0.15) is 11.8 Å². The van der Waals surface area contributed by atoms with Crippen LogP contribution in [-0.4, -0.2) is 20.4 Å². The highest BCUT2D eigenvalue weighted by Crippen LogP contribution is 2.34. The monoisotopic (exact) mass is 396 g/mol. The van der Waals surface area contributed by atoms with Gasteiger partial charge in [-0.15, -0.1) is 11.3 Å². The number of hydrogen-bond donors (Lipinski definition) is 1. The number of hydrogen-bond acceptors (Lipinski definition) is 6. The van der Waals surface area contributed by atoms with Crippen LogP contribution in [0.3, 0.4) is 0 Å². The Morgan fingerprint density at radius 2 is 2.15 bits per heavy atom. The predicted molar refractivity (Wildman–Crippen MR) is 107 cm³/mol.